The number of fused-ring (bicyclic) bond motifs is 1. The second kappa shape index (κ2) is 6.78. The van der Waals surface area contributed by atoms with Gasteiger partial charge in [0, 0.05) is 24.1 Å². The van der Waals surface area contributed by atoms with Crippen LogP contribution in [0.15, 0.2) is 41.5 Å². The average Bonchev–Trinajstić information content (AvgIpc) is 3.31. The van der Waals surface area contributed by atoms with Gasteiger partial charge >= 0.3 is 0 Å². The van der Waals surface area contributed by atoms with Crippen LogP contribution in [0.25, 0.3) is 10.9 Å². The minimum Gasteiger partial charge on any atom is -0.503 e. The molecule has 7 nitrogen and oxygen atoms in total. The van der Waals surface area contributed by atoms with Crippen LogP contribution in [0.1, 0.15) is 36.2 Å². The number of aromatic nitrogens is 3. The highest BCUT2D eigenvalue weighted by Crippen LogP contribution is 2.40. The Hall–Kier alpha value is -3.16. The van der Waals surface area contributed by atoms with Crippen LogP contribution in [0.4, 0.5) is 4.39 Å². The lowest BCUT2D eigenvalue weighted by Gasteiger charge is -2.32. The fourth-order valence-corrected chi connectivity index (χ4v) is 4.21. The number of hydrogen-bond donors (Lipinski definition) is 2. The van der Waals surface area contributed by atoms with E-state index in [0.29, 0.717) is 6.54 Å². The maximum atomic E-state index is 13.6. The summed E-state index contributed by atoms with van der Waals surface area (Å²) < 4.78 is 17.2. The predicted octanol–water partition coefficient (Wildman–Crippen LogP) is 2.37. The van der Waals surface area contributed by atoms with E-state index < -0.39 is 17.1 Å². The monoisotopic (exact) mass is 384 g/mol. The first-order valence-corrected chi connectivity index (χ1v) is 9.23. The second-order valence-corrected chi connectivity index (χ2v) is 7.29. The van der Waals surface area contributed by atoms with Gasteiger partial charge in [-0.25, -0.2) is 4.39 Å². The highest BCUT2D eigenvalue weighted by atomic mass is 19.1. The highest BCUT2D eigenvalue weighted by Gasteiger charge is 2.37. The molecule has 2 heterocycles. The molecule has 1 saturated carbocycles. The summed E-state index contributed by atoms with van der Waals surface area (Å²) >= 11 is 0. The quantitative estimate of drug-likeness (QED) is 0.723. The Kier molecular flexibility index (Phi) is 4.41. The summed E-state index contributed by atoms with van der Waals surface area (Å²) in [5.41, 5.74) is -0.554. The molecule has 0 atom stereocenters. The molecule has 0 bridgehead atoms. The standard InChI is InChI=1S/C20H21FN4O3/c1-22-19(28)17-18(27)16(26)11-24(23-17)12-20(7-2-3-8-20)25-9-6-13-10-14(21)4-5-15(13)25/h4-6,9-11,26H,2-3,7-8,12H2,1H3,(H,22,28). The summed E-state index contributed by atoms with van der Waals surface area (Å²) in [5, 5.41) is 17.4. The molecule has 2 aromatic heterocycles. The molecule has 1 fully saturated rings. The molecule has 8 heteroatoms. The van der Waals surface area contributed by atoms with Crippen molar-refractivity contribution in [1.29, 1.82) is 0 Å². The Balaban J connectivity index is 1.80. The third-order valence-corrected chi connectivity index (χ3v) is 5.54. The molecule has 146 valence electrons. The van der Waals surface area contributed by atoms with Crippen LogP contribution in [0, 0.1) is 5.82 Å². The largest absolute Gasteiger partial charge is 0.503 e. The topological polar surface area (TPSA) is 89.2 Å². The van der Waals surface area contributed by atoms with Gasteiger partial charge in [-0.05, 0) is 37.1 Å². The highest BCUT2D eigenvalue weighted by molar-refractivity contribution is 5.92. The zero-order valence-electron chi connectivity index (χ0n) is 15.5. The minimum atomic E-state index is -0.794. The van der Waals surface area contributed by atoms with E-state index >= 15 is 0 Å². The van der Waals surface area contributed by atoms with E-state index in [9.17, 15) is 19.1 Å². The molecule has 0 radical (unpaired) electrons. The van der Waals surface area contributed by atoms with Gasteiger partial charge in [0.1, 0.15) is 5.82 Å². The molecule has 3 aromatic rings. The Morgan fingerprint density at radius 1 is 1.32 bits per heavy atom. The van der Waals surface area contributed by atoms with Crippen molar-refractivity contribution in [3.05, 3.63) is 58.4 Å². The first-order valence-electron chi connectivity index (χ1n) is 9.23. The minimum absolute atomic E-state index is 0.284. The van der Waals surface area contributed by atoms with E-state index in [4.69, 9.17) is 0 Å². The number of carbonyl (C=O) groups is 1. The van der Waals surface area contributed by atoms with Gasteiger partial charge in [0.2, 0.25) is 0 Å². The van der Waals surface area contributed by atoms with Crippen LogP contribution in [0.2, 0.25) is 0 Å². The molecule has 0 unspecified atom stereocenters. The molecule has 1 aromatic carbocycles. The molecular weight excluding hydrogens is 363 g/mol. The molecule has 1 amide bonds. The lowest BCUT2D eigenvalue weighted by Crippen LogP contribution is -2.37. The van der Waals surface area contributed by atoms with Crippen molar-refractivity contribution in [3.63, 3.8) is 0 Å². The van der Waals surface area contributed by atoms with Crippen LogP contribution >= 0.6 is 0 Å². The average molecular weight is 384 g/mol. The lowest BCUT2D eigenvalue weighted by molar-refractivity contribution is 0.0952. The third kappa shape index (κ3) is 2.94. The van der Waals surface area contributed by atoms with E-state index in [2.05, 4.69) is 15.0 Å². The molecular formula is C20H21FN4O3. The van der Waals surface area contributed by atoms with E-state index in [1.807, 2.05) is 12.3 Å². The van der Waals surface area contributed by atoms with E-state index in [1.54, 1.807) is 6.07 Å². The van der Waals surface area contributed by atoms with Crippen molar-refractivity contribution in [1.82, 2.24) is 19.7 Å². The summed E-state index contributed by atoms with van der Waals surface area (Å²) in [4.78, 5) is 24.0. The maximum absolute atomic E-state index is 13.6. The number of hydrogen-bond acceptors (Lipinski definition) is 4. The molecule has 0 aliphatic heterocycles. The van der Waals surface area contributed by atoms with Crippen LogP contribution < -0.4 is 10.7 Å². The van der Waals surface area contributed by atoms with Gasteiger partial charge in [0.05, 0.1) is 18.3 Å². The molecule has 28 heavy (non-hydrogen) atoms. The van der Waals surface area contributed by atoms with Crippen molar-refractivity contribution in [2.45, 2.75) is 37.8 Å². The van der Waals surface area contributed by atoms with Crippen LogP contribution in [0.5, 0.6) is 5.75 Å². The molecule has 4 rings (SSSR count). The van der Waals surface area contributed by atoms with Crippen molar-refractivity contribution in [3.8, 4) is 5.75 Å². The first-order chi connectivity index (χ1) is 13.4. The van der Waals surface area contributed by atoms with Crippen LogP contribution in [0.3, 0.4) is 0 Å². The number of rotatable bonds is 4. The Morgan fingerprint density at radius 2 is 2.07 bits per heavy atom. The predicted molar refractivity (Wildman–Crippen MR) is 102 cm³/mol. The van der Waals surface area contributed by atoms with Crippen molar-refractivity contribution in [2.75, 3.05) is 7.05 Å². The fraction of sp³-hybridized carbons (Fsp3) is 0.350. The number of benzene rings is 1. The number of halogens is 1. The number of carbonyl (C=O) groups excluding carboxylic acids is 1. The second-order valence-electron chi connectivity index (χ2n) is 7.29. The van der Waals surface area contributed by atoms with E-state index in [0.717, 1.165) is 36.6 Å². The van der Waals surface area contributed by atoms with Crippen LogP contribution in [-0.4, -0.2) is 32.4 Å². The third-order valence-electron chi connectivity index (χ3n) is 5.54. The van der Waals surface area contributed by atoms with Gasteiger partial charge in [-0.2, -0.15) is 5.10 Å². The summed E-state index contributed by atoms with van der Waals surface area (Å²) in [6, 6.07) is 6.58. The first kappa shape index (κ1) is 18.2. The van der Waals surface area contributed by atoms with Gasteiger partial charge < -0.3 is 15.0 Å². The van der Waals surface area contributed by atoms with Gasteiger partial charge in [-0.3, -0.25) is 14.3 Å². The zero-order valence-corrected chi connectivity index (χ0v) is 15.5. The number of amides is 1. The lowest BCUT2D eigenvalue weighted by atomic mass is 9.96. The molecule has 0 spiro atoms. The van der Waals surface area contributed by atoms with E-state index in [1.165, 1.54) is 30.1 Å². The summed E-state index contributed by atoms with van der Waals surface area (Å²) in [6.07, 6.45) is 7.00. The van der Waals surface area contributed by atoms with Crippen molar-refractivity contribution < 1.29 is 14.3 Å². The maximum Gasteiger partial charge on any atom is 0.275 e. The molecule has 2 N–H and O–H groups in total. The Morgan fingerprint density at radius 3 is 2.79 bits per heavy atom. The summed E-state index contributed by atoms with van der Waals surface area (Å²) in [7, 11) is 1.40. The van der Waals surface area contributed by atoms with Gasteiger partial charge in [0.15, 0.2) is 11.4 Å². The van der Waals surface area contributed by atoms with Gasteiger partial charge in [-0.15, -0.1) is 0 Å². The van der Waals surface area contributed by atoms with Crippen LogP contribution in [-0.2, 0) is 12.1 Å². The Bertz CT molecular complexity index is 1110. The normalized spacial score (nSPS) is 15.8. The fourth-order valence-electron chi connectivity index (χ4n) is 4.21. The van der Waals surface area contributed by atoms with Gasteiger partial charge in [0.25, 0.3) is 11.3 Å². The van der Waals surface area contributed by atoms with Crippen molar-refractivity contribution >= 4 is 16.8 Å². The molecule has 1 aliphatic rings. The summed E-state index contributed by atoms with van der Waals surface area (Å²) in [6.45, 7) is 0.381. The van der Waals surface area contributed by atoms with Gasteiger partial charge in [-0.1, -0.05) is 12.8 Å². The molecule has 0 saturated heterocycles. The van der Waals surface area contributed by atoms with Crippen molar-refractivity contribution in [2.24, 2.45) is 0 Å². The summed E-state index contributed by atoms with van der Waals surface area (Å²) in [5.74, 6) is -1.44. The van der Waals surface area contributed by atoms with E-state index in [-0.39, 0.29) is 17.1 Å². The molecule has 1 aliphatic carbocycles. The zero-order chi connectivity index (χ0) is 19.9. The SMILES string of the molecule is CNC(=O)c1nn(CC2(n3ccc4cc(F)ccc43)CCCC2)cc(O)c1=O. The number of nitrogens with one attached hydrogen (secondary N) is 1. The number of aromatic hydroxyl groups is 1. The Labute approximate surface area is 160 Å². The smallest absolute Gasteiger partial charge is 0.275 e. The number of nitrogens with zero attached hydrogens (tertiary/aromatic N) is 3.